The van der Waals surface area contributed by atoms with Crippen molar-refractivity contribution in [3.63, 3.8) is 0 Å². The highest BCUT2D eigenvalue weighted by atomic mass is 16.5. The topological polar surface area (TPSA) is 70.1 Å². The van der Waals surface area contributed by atoms with Gasteiger partial charge in [-0.25, -0.2) is 4.98 Å². The maximum atomic E-state index is 12.2. The van der Waals surface area contributed by atoms with E-state index in [9.17, 15) is 4.79 Å². The van der Waals surface area contributed by atoms with Gasteiger partial charge >= 0.3 is 0 Å². The van der Waals surface area contributed by atoms with Gasteiger partial charge in [0, 0.05) is 12.6 Å². The molecule has 2 N–H and O–H groups in total. The maximum Gasteiger partial charge on any atom is 0.257 e. The molecular weight excluding hydrogens is 326 g/mol. The summed E-state index contributed by atoms with van der Waals surface area (Å²) in [6, 6.07) is 16.4. The van der Waals surface area contributed by atoms with E-state index in [2.05, 4.69) is 29.2 Å². The fourth-order valence-electron chi connectivity index (χ4n) is 2.99. The number of aryl methyl sites for hydroxylation is 2. The van der Waals surface area contributed by atoms with Crippen LogP contribution in [0.2, 0.25) is 0 Å². The summed E-state index contributed by atoms with van der Waals surface area (Å²) in [4.78, 5) is 16.5. The number of benzene rings is 2. The number of hydrogen-bond donors (Lipinski definition) is 1. The lowest BCUT2D eigenvalue weighted by molar-refractivity contribution is 0.415. The summed E-state index contributed by atoms with van der Waals surface area (Å²) in [6.07, 6.45) is 1.46. The monoisotopic (exact) mass is 349 g/mol. The third-order valence-corrected chi connectivity index (χ3v) is 4.63. The van der Waals surface area contributed by atoms with Crippen LogP contribution >= 0.6 is 0 Å². The van der Waals surface area contributed by atoms with E-state index in [0.29, 0.717) is 12.0 Å². The predicted octanol–water partition coefficient (Wildman–Crippen LogP) is 3.13. The van der Waals surface area contributed by atoms with E-state index in [1.807, 2.05) is 24.3 Å². The van der Waals surface area contributed by atoms with E-state index in [4.69, 9.17) is 10.5 Å². The fourth-order valence-corrected chi connectivity index (χ4v) is 2.99. The highest BCUT2D eigenvalue weighted by Crippen LogP contribution is 2.25. The Balaban J connectivity index is 1.83. The largest absolute Gasteiger partial charge is 0.497 e. The Hall–Kier alpha value is -3.08. The molecule has 0 saturated heterocycles. The Labute approximate surface area is 153 Å². The Morgan fingerprint density at radius 1 is 1.08 bits per heavy atom. The first-order valence-corrected chi connectivity index (χ1v) is 8.55. The molecule has 0 atom stereocenters. The molecule has 134 valence electrons. The van der Waals surface area contributed by atoms with Crippen LogP contribution in [-0.2, 0) is 19.9 Å². The zero-order valence-electron chi connectivity index (χ0n) is 15.3. The molecule has 0 aliphatic rings. The van der Waals surface area contributed by atoms with Gasteiger partial charge in [-0.15, -0.1) is 0 Å². The molecule has 0 spiro atoms. The number of hydrogen-bond acceptors (Lipinski definition) is 4. The summed E-state index contributed by atoms with van der Waals surface area (Å²) >= 11 is 0. The number of methoxy groups -OCH3 is 1. The molecule has 3 rings (SSSR count). The number of nitrogens with zero attached hydrogens (tertiary/aromatic N) is 2. The van der Waals surface area contributed by atoms with Gasteiger partial charge < -0.3 is 10.5 Å². The molecule has 0 unspecified atom stereocenters. The predicted molar refractivity (Wildman–Crippen MR) is 104 cm³/mol. The SMILES string of the molecule is COc1cccc(-c2cccc(CCc3nc(N)n(C)c(=O)c3C)c2)c1. The summed E-state index contributed by atoms with van der Waals surface area (Å²) in [7, 11) is 3.31. The van der Waals surface area contributed by atoms with Gasteiger partial charge in [0.15, 0.2) is 0 Å². The zero-order valence-corrected chi connectivity index (χ0v) is 15.3. The van der Waals surface area contributed by atoms with Crippen LogP contribution in [0.4, 0.5) is 5.95 Å². The average molecular weight is 349 g/mol. The van der Waals surface area contributed by atoms with Crippen LogP contribution in [0, 0.1) is 6.92 Å². The van der Waals surface area contributed by atoms with Gasteiger partial charge in [-0.1, -0.05) is 36.4 Å². The third kappa shape index (κ3) is 3.61. The molecule has 0 amide bonds. The Morgan fingerprint density at radius 3 is 2.50 bits per heavy atom. The lowest BCUT2D eigenvalue weighted by atomic mass is 9.99. The lowest BCUT2D eigenvalue weighted by Crippen LogP contribution is -2.25. The summed E-state index contributed by atoms with van der Waals surface area (Å²) in [5, 5.41) is 0. The average Bonchev–Trinajstić information content (AvgIpc) is 2.68. The molecule has 0 radical (unpaired) electrons. The van der Waals surface area contributed by atoms with Crippen LogP contribution in [-0.4, -0.2) is 16.7 Å². The number of rotatable bonds is 5. The van der Waals surface area contributed by atoms with Crippen molar-refractivity contribution < 1.29 is 4.74 Å². The summed E-state index contributed by atoms with van der Waals surface area (Å²) in [5.74, 6) is 1.09. The van der Waals surface area contributed by atoms with Crippen molar-refractivity contribution in [1.29, 1.82) is 0 Å². The molecule has 1 heterocycles. The van der Waals surface area contributed by atoms with Crippen molar-refractivity contribution in [3.05, 3.63) is 75.7 Å². The van der Waals surface area contributed by atoms with Crippen molar-refractivity contribution in [2.24, 2.45) is 7.05 Å². The molecule has 1 aromatic heterocycles. The highest BCUT2D eigenvalue weighted by Gasteiger charge is 2.10. The van der Waals surface area contributed by atoms with Crippen LogP contribution in [0.5, 0.6) is 5.75 Å². The Morgan fingerprint density at radius 2 is 1.77 bits per heavy atom. The lowest BCUT2D eigenvalue weighted by Gasteiger charge is -2.10. The Kier molecular flexibility index (Phi) is 5.07. The van der Waals surface area contributed by atoms with Crippen molar-refractivity contribution in [2.45, 2.75) is 19.8 Å². The van der Waals surface area contributed by atoms with Crippen molar-refractivity contribution in [3.8, 4) is 16.9 Å². The molecule has 5 nitrogen and oxygen atoms in total. The van der Waals surface area contributed by atoms with E-state index < -0.39 is 0 Å². The molecule has 0 fully saturated rings. The molecule has 2 aromatic carbocycles. The second kappa shape index (κ2) is 7.44. The van der Waals surface area contributed by atoms with Gasteiger partial charge in [0.2, 0.25) is 5.95 Å². The van der Waals surface area contributed by atoms with E-state index in [1.54, 1.807) is 21.1 Å². The van der Waals surface area contributed by atoms with Crippen molar-refractivity contribution >= 4 is 5.95 Å². The standard InChI is InChI=1S/C21H23N3O2/c1-14-19(23-21(22)24(2)20(14)25)11-10-15-6-4-7-16(12-15)17-8-5-9-18(13-17)26-3/h4-9,12-13H,10-11H2,1-3H3,(H2,22,23). The summed E-state index contributed by atoms with van der Waals surface area (Å²) in [6.45, 7) is 1.80. The zero-order chi connectivity index (χ0) is 18.7. The normalized spacial score (nSPS) is 10.7. The van der Waals surface area contributed by atoms with E-state index in [1.165, 1.54) is 10.1 Å². The molecule has 0 aliphatic heterocycles. The molecule has 3 aromatic rings. The van der Waals surface area contributed by atoms with Gasteiger partial charge in [-0.05, 0) is 48.6 Å². The minimum atomic E-state index is -0.0855. The minimum absolute atomic E-state index is 0.0855. The van der Waals surface area contributed by atoms with Crippen LogP contribution in [0.15, 0.2) is 53.3 Å². The first-order valence-electron chi connectivity index (χ1n) is 8.55. The number of nitrogen functional groups attached to an aromatic ring is 1. The molecular formula is C21H23N3O2. The van der Waals surface area contributed by atoms with Gasteiger partial charge in [-0.3, -0.25) is 9.36 Å². The molecule has 0 saturated carbocycles. The first kappa shape index (κ1) is 17.7. The van der Waals surface area contributed by atoms with Gasteiger partial charge in [0.1, 0.15) is 5.75 Å². The quantitative estimate of drug-likeness (QED) is 0.768. The van der Waals surface area contributed by atoms with E-state index in [-0.39, 0.29) is 11.5 Å². The maximum absolute atomic E-state index is 12.2. The molecule has 0 bridgehead atoms. The van der Waals surface area contributed by atoms with Crippen LogP contribution in [0.1, 0.15) is 16.8 Å². The van der Waals surface area contributed by atoms with Gasteiger partial charge in [0.05, 0.1) is 12.8 Å². The summed E-state index contributed by atoms with van der Waals surface area (Å²) in [5.41, 5.74) is 10.6. The van der Waals surface area contributed by atoms with Crippen molar-refractivity contribution in [1.82, 2.24) is 9.55 Å². The molecule has 0 aliphatic carbocycles. The number of aromatic nitrogens is 2. The molecule has 26 heavy (non-hydrogen) atoms. The molecule has 5 heteroatoms. The van der Waals surface area contributed by atoms with Crippen molar-refractivity contribution in [2.75, 3.05) is 12.8 Å². The van der Waals surface area contributed by atoms with Crippen LogP contribution in [0.3, 0.4) is 0 Å². The van der Waals surface area contributed by atoms with E-state index in [0.717, 1.165) is 29.0 Å². The first-order chi connectivity index (χ1) is 12.5. The number of nitrogens with two attached hydrogens (primary N) is 1. The summed E-state index contributed by atoms with van der Waals surface area (Å²) < 4.78 is 6.68. The fraction of sp³-hybridized carbons (Fsp3) is 0.238. The second-order valence-corrected chi connectivity index (χ2v) is 6.34. The minimum Gasteiger partial charge on any atom is -0.497 e. The van der Waals surface area contributed by atoms with Gasteiger partial charge in [-0.2, -0.15) is 0 Å². The van der Waals surface area contributed by atoms with Crippen LogP contribution < -0.4 is 16.0 Å². The van der Waals surface area contributed by atoms with E-state index >= 15 is 0 Å². The smallest absolute Gasteiger partial charge is 0.257 e. The highest BCUT2D eigenvalue weighted by molar-refractivity contribution is 5.65. The Bertz CT molecular complexity index is 993. The second-order valence-electron chi connectivity index (χ2n) is 6.34. The number of ether oxygens (including phenoxy) is 1. The van der Waals surface area contributed by atoms with Gasteiger partial charge in [0.25, 0.3) is 5.56 Å². The van der Waals surface area contributed by atoms with Crippen LogP contribution in [0.25, 0.3) is 11.1 Å². The third-order valence-electron chi connectivity index (χ3n) is 4.63. The number of anilines is 1.